The first kappa shape index (κ1) is 15.2. The van der Waals surface area contributed by atoms with Gasteiger partial charge in [0.25, 0.3) is 5.91 Å². The third-order valence-corrected chi connectivity index (χ3v) is 3.49. The normalized spacial score (nSPS) is 10.2. The van der Waals surface area contributed by atoms with Crippen molar-refractivity contribution in [2.24, 2.45) is 0 Å². The van der Waals surface area contributed by atoms with E-state index in [0.29, 0.717) is 10.0 Å². The smallest absolute Gasteiger partial charge is 0.335 e. The Kier molecular flexibility index (Phi) is 4.70. The number of carbonyl (C=O) groups excluding carboxylic acids is 1. The minimum absolute atomic E-state index is 0.147. The Morgan fingerprint density at radius 1 is 1.19 bits per heavy atom. The number of nitrogens with one attached hydrogen (secondary N) is 1. The summed E-state index contributed by atoms with van der Waals surface area (Å²) in [4.78, 5) is 22.8. The van der Waals surface area contributed by atoms with E-state index < -0.39 is 17.7 Å². The van der Waals surface area contributed by atoms with Gasteiger partial charge >= 0.3 is 5.97 Å². The van der Waals surface area contributed by atoms with Crippen molar-refractivity contribution in [2.45, 2.75) is 6.54 Å². The van der Waals surface area contributed by atoms with Crippen LogP contribution in [0.2, 0.25) is 0 Å². The summed E-state index contributed by atoms with van der Waals surface area (Å²) in [5.74, 6) is -1.98. The number of amides is 1. The molecule has 0 aromatic heterocycles. The Balaban J connectivity index is 2.09. The lowest BCUT2D eigenvalue weighted by Crippen LogP contribution is -2.23. The highest BCUT2D eigenvalue weighted by molar-refractivity contribution is 9.10. The van der Waals surface area contributed by atoms with Gasteiger partial charge in [-0.25, -0.2) is 9.18 Å². The molecule has 0 atom stereocenters. The van der Waals surface area contributed by atoms with Gasteiger partial charge in [0.1, 0.15) is 5.82 Å². The Morgan fingerprint density at radius 3 is 2.67 bits per heavy atom. The van der Waals surface area contributed by atoms with Gasteiger partial charge in [-0.2, -0.15) is 0 Å². The number of aromatic carboxylic acids is 1. The molecule has 0 saturated heterocycles. The average molecular weight is 352 g/mol. The van der Waals surface area contributed by atoms with Crippen molar-refractivity contribution in [3.05, 3.63) is 69.4 Å². The van der Waals surface area contributed by atoms with E-state index in [9.17, 15) is 14.0 Å². The molecule has 108 valence electrons. The fourth-order valence-corrected chi connectivity index (χ4v) is 2.19. The molecule has 0 unspecified atom stereocenters. The van der Waals surface area contributed by atoms with E-state index in [1.807, 2.05) is 0 Å². The minimum atomic E-state index is -1.03. The fraction of sp³-hybridized carbons (Fsp3) is 0.0667. The van der Waals surface area contributed by atoms with Crippen LogP contribution in [0.1, 0.15) is 26.3 Å². The van der Waals surface area contributed by atoms with Crippen LogP contribution in [0, 0.1) is 5.82 Å². The summed E-state index contributed by atoms with van der Waals surface area (Å²) in [7, 11) is 0. The maximum absolute atomic E-state index is 13.1. The highest BCUT2D eigenvalue weighted by atomic mass is 79.9. The second kappa shape index (κ2) is 6.49. The Bertz CT molecular complexity index is 703. The van der Waals surface area contributed by atoms with Crippen molar-refractivity contribution in [1.82, 2.24) is 5.32 Å². The summed E-state index contributed by atoms with van der Waals surface area (Å²) < 4.78 is 13.6. The molecule has 6 heteroatoms. The first-order valence-electron chi connectivity index (χ1n) is 6.03. The molecule has 0 heterocycles. The van der Waals surface area contributed by atoms with Crippen molar-refractivity contribution >= 4 is 27.8 Å². The van der Waals surface area contributed by atoms with Gasteiger partial charge in [-0.15, -0.1) is 0 Å². The second-order valence-corrected chi connectivity index (χ2v) is 5.17. The fourth-order valence-electron chi connectivity index (χ4n) is 1.76. The van der Waals surface area contributed by atoms with Crippen molar-refractivity contribution in [3.8, 4) is 0 Å². The first-order valence-corrected chi connectivity index (χ1v) is 6.82. The number of rotatable bonds is 4. The number of carboxylic acids is 1. The quantitative estimate of drug-likeness (QED) is 0.888. The van der Waals surface area contributed by atoms with Gasteiger partial charge < -0.3 is 10.4 Å². The van der Waals surface area contributed by atoms with E-state index in [4.69, 9.17) is 5.11 Å². The molecular formula is C15H11BrFNO3. The summed E-state index contributed by atoms with van der Waals surface area (Å²) in [6.45, 7) is 0.156. The number of hydrogen-bond acceptors (Lipinski definition) is 2. The van der Waals surface area contributed by atoms with E-state index >= 15 is 0 Å². The first-order chi connectivity index (χ1) is 9.97. The van der Waals surface area contributed by atoms with Crippen molar-refractivity contribution < 1.29 is 19.1 Å². The van der Waals surface area contributed by atoms with Crippen LogP contribution in [-0.2, 0) is 6.54 Å². The summed E-state index contributed by atoms with van der Waals surface area (Å²) >= 11 is 3.18. The molecule has 2 aromatic rings. The second-order valence-electron chi connectivity index (χ2n) is 4.31. The molecular weight excluding hydrogens is 341 g/mol. The van der Waals surface area contributed by atoms with Gasteiger partial charge in [0.05, 0.1) is 11.1 Å². The summed E-state index contributed by atoms with van der Waals surface area (Å²) in [5, 5.41) is 11.5. The third kappa shape index (κ3) is 3.88. The zero-order valence-corrected chi connectivity index (χ0v) is 12.4. The number of carbonyl (C=O) groups is 2. The molecule has 0 aliphatic rings. The highest BCUT2D eigenvalue weighted by Crippen LogP contribution is 2.17. The van der Waals surface area contributed by atoms with E-state index in [2.05, 4.69) is 21.2 Å². The lowest BCUT2D eigenvalue weighted by atomic mass is 10.1. The van der Waals surface area contributed by atoms with E-state index in [-0.39, 0.29) is 17.7 Å². The Labute approximate surface area is 128 Å². The lowest BCUT2D eigenvalue weighted by molar-refractivity contribution is 0.0696. The molecule has 2 N–H and O–H groups in total. The highest BCUT2D eigenvalue weighted by Gasteiger charge is 2.11. The number of halogens is 2. The van der Waals surface area contributed by atoms with Gasteiger partial charge in [0, 0.05) is 11.0 Å². The van der Waals surface area contributed by atoms with Gasteiger partial charge in [-0.1, -0.05) is 12.1 Å². The predicted molar refractivity (Wildman–Crippen MR) is 78.7 cm³/mol. The largest absolute Gasteiger partial charge is 0.478 e. The van der Waals surface area contributed by atoms with Crippen LogP contribution in [0.25, 0.3) is 0 Å². The predicted octanol–water partition coefficient (Wildman–Crippen LogP) is 3.22. The van der Waals surface area contributed by atoms with Crippen molar-refractivity contribution in [1.29, 1.82) is 0 Å². The molecule has 2 rings (SSSR count). The van der Waals surface area contributed by atoms with Gasteiger partial charge in [-0.3, -0.25) is 4.79 Å². The standard InChI is InChI=1S/C15H11BrFNO3/c16-13-5-4-11(17)7-12(13)14(19)18-8-9-2-1-3-10(6-9)15(20)21/h1-7H,8H2,(H,18,19)(H,20,21). The van der Waals surface area contributed by atoms with E-state index in [0.717, 1.165) is 6.07 Å². The number of carboxylic acid groups (broad SMARTS) is 1. The SMILES string of the molecule is O=C(O)c1cccc(CNC(=O)c2cc(F)ccc2Br)c1. The summed E-state index contributed by atoms with van der Waals surface area (Å²) in [5.41, 5.74) is 0.980. The average Bonchev–Trinajstić information content (AvgIpc) is 2.47. The molecule has 21 heavy (non-hydrogen) atoms. The van der Waals surface area contributed by atoms with Crippen LogP contribution >= 0.6 is 15.9 Å². The van der Waals surface area contributed by atoms with Crippen LogP contribution in [0.3, 0.4) is 0 Å². The Morgan fingerprint density at radius 2 is 1.95 bits per heavy atom. The van der Waals surface area contributed by atoms with Crippen LogP contribution in [0.4, 0.5) is 4.39 Å². The van der Waals surface area contributed by atoms with Crippen LogP contribution < -0.4 is 5.32 Å². The molecule has 0 fully saturated rings. The molecule has 0 aliphatic heterocycles. The maximum atomic E-state index is 13.1. The topological polar surface area (TPSA) is 66.4 Å². The van der Waals surface area contributed by atoms with Crippen LogP contribution in [0.5, 0.6) is 0 Å². The summed E-state index contributed by atoms with van der Waals surface area (Å²) in [6.07, 6.45) is 0. The van der Waals surface area contributed by atoms with Gasteiger partial charge in [0.2, 0.25) is 0 Å². The molecule has 1 amide bonds. The van der Waals surface area contributed by atoms with Gasteiger partial charge in [0.15, 0.2) is 0 Å². The molecule has 2 aromatic carbocycles. The number of benzene rings is 2. The zero-order valence-electron chi connectivity index (χ0n) is 10.8. The van der Waals surface area contributed by atoms with Crippen LogP contribution in [-0.4, -0.2) is 17.0 Å². The molecule has 0 spiro atoms. The van der Waals surface area contributed by atoms with Gasteiger partial charge in [-0.05, 0) is 51.8 Å². The zero-order chi connectivity index (χ0) is 15.4. The number of hydrogen-bond donors (Lipinski definition) is 2. The molecule has 0 saturated carbocycles. The molecule has 0 bridgehead atoms. The maximum Gasteiger partial charge on any atom is 0.335 e. The third-order valence-electron chi connectivity index (χ3n) is 2.80. The lowest BCUT2D eigenvalue weighted by Gasteiger charge is -2.08. The monoisotopic (exact) mass is 351 g/mol. The Hall–Kier alpha value is -2.21. The van der Waals surface area contributed by atoms with E-state index in [1.54, 1.807) is 12.1 Å². The van der Waals surface area contributed by atoms with E-state index in [1.165, 1.54) is 24.3 Å². The minimum Gasteiger partial charge on any atom is -0.478 e. The molecule has 0 aliphatic carbocycles. The molecule has 0 radical (unpaired) electrons. The summed E-state index contributed by atoms with van der Waals surface area (Å²) in [6, 6.07) is 10.1. The van der Waals surface area contributed by atoms with Crippen LogP contribution in [0.15, 0.2) is 46.9 Å². The van der Waals surface area contributed by atoms with Crippen molar-refractivity contribution in [2.75, 3.05) is 0 Å². The van der Waals surface area contributed by atoms with Crippen molar-refractivity contribution in [3.63, 3.8) is 0 Å². The molecule has 4 nitrogen and oxygen atoms in total.